The molecule has 0 aliphatic carbocycles. The number of benzene rings is 1. The summed E-state index contributed by atoms with van der Waals surface area (Å²) in [6.45, 7) is 0.748. The number of aliphatic hydroxyl groups excluding tert-OH is 4. The van der Waals surface area contributed by atoms with E-state index in [0.717, 1.165) is 10.9 Å². The molecule has 3 aliphatic rings. The standard InChI is InChI=1S/C26H26N2O10/c1-2-25(35)13-8-15-18-12(7-11-5-3-4-6-14(11)27-18)9-28(15)23(33)17(13)22(37-24(25)34)26(36)21(32)20(31)19(30)16(10-29)38-26/h3-8,16,19-22,29-32,35-36H,2,9-10H2,1H3/t16-,19-,20+,21-,22?,25+,26?/m1/s1. The van der Waals surface area contributed by atoms with Crippen molar-refractivity contribution < 1.29 is 44.9 Å². The van der Waals surface area contributed by atoms with Crippen LogP contribution in [0, 0.1) is 0 Å². The number of fused-ring (bicyclic) bond motifs is 5. The van der Waals surface area contributed by atoms with E-state index < -0.39 is 60.0 Å². The third-order valence-electron chi connectivity index (χ3n) is 7.87. The first-order valence-electron chi connectivity index (χ1n) is 12.2. The van der Waals surface area contributed by atoms with E-state index in [1.165, 1.54) is 17.6 Å². The first kappa shape index (κ1) is 25.1. The lowest BCUT2D eigenvalue weighted by Gasteiger charge is -2.50. The fourth-order valence-corrected chi connectivity index (χ4v) is 5.68. The number of rotatable bonds is 3. The van der Waals surface area contributed by atoms with Gasteiger partial charge in [-0.25, -0.2) is 9.78 Å². The van der Waals surface area contributed by atoms with E-state index in [1.54, 1.807) is 0 Å². The van der Waals surface area contributed by atoms with Gasteiger partial charge in [-0.3, -0.25) is 4.79 Å². The van der Waals surface area contributed by atoms with E-state index in [2.05, 4.69) is 0 Å². The van der Waals surface area contributed by atoms with Gasteiger partial charge in [-0.05, 0) is 24.6 Å². The summed E-state index contributed by atoms with van der Waals surface area (Å²) in [7, 11) is 0. The Kier molecular flexibility index (Phi) is 5.53. The Labute approximate surface area is 214 Å². The molecule has 12 heteroatoms. The number of aliphatic hydroxyl groups is 6. The topological polar surface area (TPSA) is 192 Å². The Morgan fingerprint density at radius 3 is 2.55 bits per heavy atom. The fraction of sp³-hybridized carbons (Fsp3) is 0.423. The Bertz CT molecular complexity index is 1540. The maximum absolute atomic E-state index is 14.0. The molecule has 12 nitrogen and oxygen atoms in total. The SMILES string of the molecule is CC[C@@]1(O)C(=O)OC(C2(O)O[C@H](CO)[C@@H](O)[C@H](O)[C@H]2O)c2c1cc1n(c2=O)Cc2cc3ccccc3nc2-1. The van der Waals surface area contributed by atoms with Crippen LogP contribution >= 0.6 is 0 Å². The predicted octanol–water partition coefficient (Wildman–Crippen LogP) is -1.22. The molecule has 0 spiro atoms. The number of pyridine rings is 2. The van der Waals surface area contributed by atoms with E-state index >= 15 is 0 Å². The van der Waals surface area contributed by atoms with Crippen molar-refractivity contribution in [2.24, 2.45) is 0 Å². The lowest BCUT2D eigenvalue weighted by Crippen LogP contribution is -2.69. The Morgan fingerprint density at radius 1 is 1.11 bits per heavy atom. The van der Waals surface area contributed by atoms with Crippen LogP contribution in [0.15, 0.2) is 41.2 Å². The van der Waals surface area contributed by atoms with Gasteiger partial charge in [-0.2, -0.15) is 0 Å². The molecule has 3 aliphatic heterocycles. The number of hydrogen-bond donors (Lipinski definition) is 6. The van der Waals surface area contributed by atoms with Crippen molar-refractivity contribution in [2.45, 2.75) is 61.8 Å². The maximum atomic E-state index is 14.0. The molecule has 1 aromatic carbocycles. The van der Waals surface area contributed by atoms with Crippen LogP contribution in [-0.4, -0.2) is 83.0 Å². The molecule has 38 heavy (non-hydrogen) atoms. The number of aromatic nitrogens is 2. The van der Waals surface area contributed by atoms with E-state index in [-0.39, 0.29) is 24.1 Å². The normalized spacial score (nSPS) is 34.0. The van der Waals surface area contributed by atoms with Gasteiger partial charge in [0.25, 0.3) is 5.56 Å². The van der Waals surface area contributed by atoms with Gasteiger partial charge in [0.05, 0.1) is 35.6 Å². The molecule has 0 radical (unpaired) electrons. The number of carbonyl (C=O) groups is 1. The number of ether oxygens (including phenoxy) is 2. The van der Waals surface area contributed by atoms with Crippen molar-refractivity contribution in [3.63, 3.8) is 0 Å². The van der Waals surface area contributed by atoms with Crippen LogP contribution in [0.1, 0.15) is 36.1 Å². The summed E-state index contributed by atoms with van der Waals surface area (Å²) < 4.78 is 12.1. The maximum Gasteiger partial charge on any atom is 0.343 e. The zero-order valence-corrected chi connectivity index (χ0v) is 20.2. The Balaban J connectivity index is 1.58. The Morgan fingerprint density at radius 2 is 1.84 bits per heavy atom. The number of cyclic esters (lactones) is 1. The molecule has 5 heterocycles. The van der Waals surface area contributed by atoms with Gasteiger partial charge < -0.3 is 44.7 Å². The molecule has 2 aromatic heterocycles. The second-order valence-electron chi connectivity index (χ2n) is 9.95. The van der Waals surface area contributed by atoms with E-state index in [4.69, 9.17) is 14.5 Å². The van der Waals surface area contributed by atoms with E-state index in [1.807, 2.05) is 30.3 Å². The van der Waals surface area contributed by atoms with E-state index in [0.29, 0.717) is 16.9 Å². The van der Waals surface area contributed by atoms with Crippen molar-refractivity contribution in [2.75, 3.05) is 6.61 Å². The summed E-state index contributed by atoms with van der Waals surface area (Å²) in [6, 6.07) is 10.7. The highest BCUT2D eigenvalue weighted by Gasteiger charge is 2.63. The molecule has 3 aromatic rings. The summed E-state index contributed by atoms with van der Waals surface area (Å²) in [5, 5.41) is 64.6. The minimum Gasteiger partial charge on any atom is -0.449 e. The van der Waals surface area contributed by atoms with Crippen molar-refractivity contribution in [3.05, 3.63) is 63.4 Å². The average molecular weight is 526 g/mol. The summed E-state index contributed by atoms with van der Waals surface area (Å²) in [4.78, 5) is 31.8. The molecular formula is C26H26N2O10. The highest BCUT2D eigenvalue weighted by molar-refractivity contribution is 5.86. The zero-order chi connectivity index (χ0) is 27.1. The lowest BCUT2D eigenvalue weighted by atomic mass is 9.79. The third-order valence-corrected chi connectivity index (χ3v) is 7.87. The number of para-hydroxylation sites is 1. The van der Waals surface area contributed by atoms with Crippen molar-refractivity contribution in [3.8, 4) is 11.4 Å². The smallest absolute Gasteiger partial charge is 0.343 e. The predicted molar refractivity (Wildman–Crippen MR) is 128 cm³/mol. The number of carbonyl (C=O) groups excluding carboxylic acids is 1. The first-order valence-corrected chi connectivity index (χ1v) is 12.2. The molecule has 0 bridgehead atoms. The van der Waals surface area contributed by atoms with Gasteiger partial charge in [0, 0.05) is 16.5 Å². The third kappa shape index (κ3) is 3.19. The summed E-state index contributed by atoms with van der Waals surface area (Å²) >= 11 is 0. The van der Waals surface area contributed by atoms with Gasteiger partial charge >= 0.3 is 5.97 Å². The van der Waals surface area contributed by atoms with Crippen LogP contribution < -0.4 is 5.56 Å². The van der Waals surface area contributed by atoms with Gasteiger partial charge in [0.1, 0.15) is 24.4 Å². The molecular weight excluding hydrogens is 500 g/mol. The van der Waals surface area contributed by atoms with Crippen molar-refractivity contribution in [1.29, 1.82) is 0 Å². The fourth-order valence-electron chi connectivity index (χ4n) is 5.68. The highest BCUT2D eigenvalue weighted by atomic mass is 16.7. The Hall–Kier alpha value is -3.23. The molecule has 2 unspecified atom stereocenters. The minimum absolute atomic E-state index is 0.0995. The van der Waals surface area contributed by atoms with Crippen molar-refractivity contribution in [1.82, 2.24) is 9.55 Å². The van der Waals surface area contributed by atoms with Crippen LogP contribution in [0.5, 0.6) is 0 Å². The molecule has 200 valence electrons. The molecule has 0 amide bonds. The van der Waals surface area contributed by atoms with Crippen LogP contribution in [0.3, 0.4) is 0 Å². The van der Waals surface area contributed by atoms with Crippen LogP contribution in [0.4, 0.5) is 0 Å². The summed E-state index contributed by atoms with van der Waals surface area (Å²) in [5.74, 6) is -4.16. The van der Waals surface area contributed by atoms with Crippen LogP contribution in [0.2, 0.25) is 0 Å². The molecule has 0 saturated carbocycles. The van der Waals surface area contributed by atoms with Crippen LogP contribution in [-0.2, 0) is 26.4 Å². The number of esters is 1. The zero-order valence-electron chi connectivity index (χ0n) is 20.2. The summed E-state index contributed by atoms with van der Waals surface area (Å²) in [5.41, 5.74) is -1.30. The monoisotopic (exact) mass is 526 g/mol. The largest absolute Gasteiger partial charge is 0.449 e. The quantitative estimate of drug-likeness (QED) is 0.175. The second kappa shape index (κ2) is 8.38. The van der Waals surface area contributed by atoms with Gasteiger partial charge in [-0.15, -0.1) is 0 Å². The molecule has 7 atom stereocenters. The number of nitrogens with zero attached hydrogens (tertiary/aromatic N) is 2. The lowest BCUT2D eigenvalue weighted by molar-refractivity contribution is -0.380. The molecule has 6 rings (SSSR count). The van der Waals surface area contributed by atoms with Gasteiger partial charge in [-0.1, -0.05) is 25.1 Å². The van der Waals surface area contributed by atoms with E-state index in [9.17, 15) is 40.2 Å². The summed E-state index contributed by atoms with van der Waals surface area (Å²) in [6.07, 6.45) is -9.82. The first-order chi connectivity index (χ1) is 18.0. The van der Waals surface area contributed by atoms with Crippen molar-refractivity contribution >= 4 is 16.9 Å². The van der Waals surface area contributed by atoms with Gasteiger partial charge in [0.15, 0.2) is 11.7 Å². The second-order valence-corrected chi connectivity index (χ2v) is 9.95. The number of hydrogen-bond acceptors (Lipinski definition) is 11. The molecule has 1 fully saturated rings. The minimum atomic E-state index is -2.95. The highest BCUT2D eigenvalue weighted by Crippen LogP contribution is 2.48. The average Bonchev–Trinajstić information content (AvgIpc) is 3.28. The molecule has 6 N–H and O–H groups in total. The molecule has 1 saturated heterocycles. The van der Waals surface area contributed by atoms with Gasteiger partial charge in [0.2, 0.25) is 5.79 Å². The van der Waals surface area contributed by atoms with Crippen LogP contribution in [0.25, 0.3) is 22.3 Å².